The minimum Gasteiger partial charge on any atom is -0.453 e. The number of hydrogen-bond acceptors (Lipinski definition) is 2. The summed E-state index contributed by atoms with van der Waals surface area (Å²) in [6.45, 7) is 8.55. The van der Waals surface area contributed by atoms with Crippen LogP contribution in [-0.2, 0) is 6.54 Å². The van der Waals surface area contributed by atoms with Crippen LogP contribution in [0.3, 0.4) is 0 Å². The first-order valence-corrected chi connectivity index (χ1v) is 5.78. The van der Waals surface area contributed by atoms with E-state index in [1.165, 1.54) is 6.42 Å². The zero-order chi connectivity index (χ0) is 10.6. The van der Waals surface area contributed by atoms with Crippen LogP contribution in [0, 0.1) is 5.41 Å². The molecule has 0 saturated carbocycles. The standard InChI is InChI=1S/C11H18BrNO/c1-4-11(2,3)8-13-7-9-5-6-10(12)14-9/h5-6,13H,4,7-8H2,1-3H3. The molecular weight excluding hydrogens is 242 g/mol. The molecule has 0 unspecified atom stereocenters. The molecule has 1 aromatic rings. The third-order valence-electron chi connectivity index (χ3n) is 2.49. The Labute approximate surface area is 94.2 Å². The Hall–Kier alpha value is -0.280. The van der Waals surface area contributed by atoms with Gasteiger partial charge in [0.1, 0.15) is 5.76 Å². The van der Waals surface area contributed by atoms with Crippen LogP contribution in [0.25, 0.3) is 0 Å². The van der Waals surface area contributed by atoms with Crippen molar-refractivity contribution in [1.82, 2.24) is 5.32 Å². The van der Waals surface area contributed by atoms with Crippen LogP contribution < -0.4 is 5.32 Å². The topological polar surface area (TPSA) is 25.2 Å². The summed E-state index contributed by atoms with van der Waals surface area (Å²) < 4.78 is 6.18. The predicted molar refractivity (Wildman–Crippen MR) is 62.2 cm³/mol. The molecule has 1 heterocycles. The number of rotatable bonds is 5. The van der Waals surface area contributed by atoms with Gasteiger partial charge in [0.05, 0.1) is 6.54 Å². The summed E-state index contributed by atoms with van der Waals surface area (Å²) in [5, 5.41) is 3.39. The van der Waals surface area contributed by atoms with Crippen molar-refractivity contribution in [3.8, 4) is 0 Å². The van der Waals surface area contributed by atoms with E-state index in [0.717, 1.165) is 23.5 Å². The van der Waals surface area contributed by atoms with E-state index in [9.17, 15) is 0 Å². The Morgan fingerprint density at radius 1 is 1.43 bits per heavy atom. The van der Waals surface area contributed by atoms with Gasteiger partial charge in [-0.2, -0.15) is 0 Å². The second-order valence-electron chi connectivity index (χ2n) is 4.33. The number of furan rings is 1. The second kappa shape index (κ2) is 4.99. The molecule has 0 radical (unpaired) electrons. The Morgan fingerprint density at radius 3 is 2.64 bits per heavy atom. The quantitative estimate of drug-likeness (QED) is 0.875. The first-order valence-electron chi connectivity index (χ1n) is 4.98. The molecule has 80 valence electrons. The molecule has 2 nitrogen and oxygen atoms in total. The predicted octanol–water partition coefficient (Wildman–Crippen LogP) is 3.57. The molecule has 0 fully saturated rings. The third-order valence-corrected chi connectivity index (χ3v) is 2.91. The molecule has 0 aromatic carbocycles. The van der Waals surface area contributed by atoms with E-state index in [2.05, 4.69) is 42.0 Å². The van der Waals surface area contributed by atoms with Crippen molar-refractivity contribution in [1.29, 1.82) is 0 Å². The highest BCUT2D eigenvalue weighted by Crippen LogP contribution is 2.18. The van der Waals surface area contributed by atoms with Crippen LogP contribution in [0.15, 0.2) is 21.2 Å². The molecule has 0 bridgehead atoms. The number of hydrogen-bond donors (Lipinski definition) is 1. The third kappa shape index (κ3) is 3.84. The summed E-state index contributed by atoms with van der Waals surface area (Å²) in [6, 6.07) is 3.90. The number of halogens is 1. The number of nitrogens with one attached hydrogen (secondary N) is 1. The van der Waals surface area contributed by atoms with Gasteiger partial charge in [-0.15, -0.1) is 0 Å². The van der Waals surface area contributed by atoms with Gasteiger partial charge < -0.3 is 9.73 Å². The van der Waals surface area contributed by atoms with Crippen LogP contribution >= 0.6 is 15.9 Å². The van der Waals surface area contributed by atoms with Crippen LogP contribution in [0.5, 0.6) is 0 Å². The Balaban J connectivity index is 2.28. The zero-order valence-corrected chi connectivity index (χ0v) is 10.6. The van der Waals surface area contributed by atoms with Crippen molar-refractivity contribution in [2.24, 2.45) is 5.41 Å². The fourth-order valence-corrected chi connectivity index (χ4v) is 1.44. The Morgan fingerprint density at radius 2 is 2.14 bits per heavy atom. The lowest BCUT2D eigenvalue weighted by atomic mass is 9.90. The van der Waals surface area contributed by atoms with E-state index in [4.69, 9.17) is 4.42 Å². The van der Waals surface area contributed by atoms with E-state index in [1.54, 1.807) is 0 Å². The Kier molecular flexibility index (Phi) is 4.20. The van der Waals surface area contributed by atoms with Gasteiger partial charge in [0.2, 0.25) is 0 Å². The largest absolute Gasteiger partial charge is 0.453 e. The molecule has 1 N–H and O–H groups in total. The molecule has 0 saturated heterocycles. The highest BCUT2D eigenvalue weighted by atomic mass is 79.9. The zero-order valence-electron chi connectivity index (χ0n) is 9.06. The summed E-state index contributed by atoms with van der Waals surface area (Å²) in [7, 11) is 0. The SMILES string of the molecule is CCC(C)(C)CNCc1ccc(Br)o1. The fraction of sp³-hybridized carbons (Fsp3) is 0.636. The lowest BCUT2D eigenvalue weighted by Crippen LogP contribution is -2.28. The van der Waals surface area contributed by atoms with Gasteiger partial charge >= 0.3 is 0 Å². The van der Waals surface area contributed by atoms with Gasteiger partial charge in [0, 0.05) is 6.54 Å². The highest BCUT2D eigenvalue weighted by molar-refractivity contribution is 9.10. The second-order valence-corrected chi connectivity index (χ2v) is 5.11. The highest BCUT2D eigenvalue weighted by Gasteiger charge is 2.14. The minimum absolute atomic E-state index is 0.365. The smallest absolute Gasteiger partial charge is 0.169 e. The molecular formula is C11H18BrNO. The van der Waals surface area contributed by atoms with Gasteiger partial charge in [-0.25, -0.2) is 0 Å². The normalized spacial score (nSPS) is 12.0. The maximum atomic E-state index is 5.39. The van der Waals surface area contributed by atoms with Gasteiger partial charge in [0.25, 0.3) is 0 Å². The maximum absolute atomic E-state index is 5.39. The molecule has 0 spiro atoms. The van der Waals surface area contributed by atoms with Crippen LogP contribution in [0.4, 0.5) is 0 Å². The molecule has 0 aliphatic rings. The van der Waals surface area contributed by atoms with E-state index >= 15 is 0 Å². The van der Waals surface area contributed by atoms with Gasteiger partial charge in [-0.3, -0.25) is 0 Å². The maximum Gasteiger partial charge on any atom is 0.169 e. The summed E-state index contributed by atoms with van der Waals surface area (Å²) in [4.78, 5) is 0. The summed E-state index contributed by atoms with van der Waals surface area (Å²) >= 11 is 3.28. The van der Waals surface area contributed by atoms with Crippen LogP contribution in [0.1, 0.15) is 33.0 Å². The molecule has 0 atom stereocenters. The minimum atomic E-state index is 0.365. The Bertz CT molecular complexity index is 281. The lowest BCUT2D eigenvalue weighted by molar-refractivity contribution is 0.320. The molecule has 0 amide bonds. The van der Waals surface area contributed by atoms with Crippen LogP contribution in [-0.4, -0.2) is 6.54 Å². The summed E-state index contributed by atoms with van der Waals surface area (Å²) in [6.07, 6.45) is 1.18. The molecule has 3 heteroatoms. The van der Waals surface area contributed by atoms with E-state index < -0.39 is 0 Å². The summed E-state index contributed by atoms with van der Waals surface area (Å²) in [5.41, 5.74) is 0.365. The molecule has 0 aliphatic heterocycles. The lowest BCUT2D eigenvalue weighted by Gasteiger charge is -2.22. The average Bonchev–Trinajstić information content (AvgIpc) is 2.51. The molecule has 0 aliphatic carbocycles. The molecule has 1 aromatic heterocycles. The van der Waals surface area contributed by atoms with E-state index in [1.807, 2.05) is 12.1 Å². The first-order chi connectivity index (χ1) is 6.53. The van der Waals surface area contributed by atoms with Crippen molar-refractivity contribution >= 4 is 15.9 Å². The van der Waals surface area contributed by atoms with Crippen molar-refractivity contribution in [3.63, 3.8) is 0 Å². The fourth-order valence-electron chi connectivity index (χ4n) is 1.10. The van der Waals surface area contributed by atoms with Gasteiger partial charge in [0.15, 0.2) is 4.67 Å². The molecule has 14 heavy (non-hydrogen) atoms. The molecule has 1 rings (SSSR count). The van der Waals surface area contributed by atoms with Crippen molar-refractivity contribution in [3.05, 3.63) is 22.6 Å². The monoisotopic (exact) mass is 259 g/mol. The average molecular weight is 260 g/mol. The van der Waals surface area contributed by atoms with Crippen molar-refractivity contribution in [2.75, 3.05) is 6.54 Å². The first kappa shape index (κ1) is 11.8. The van der Waals surface area contributed by atoms with E-state index in [0.29, 0.717) is 5.41 Å². The van der Waals surface area contributed by atoms with Gasteiger partial charge in [-0.1, -0.05) is 20.8 Å². The van der Waals surface area contributed by atoms with Crippen molar-refractivity contribution in [2.45, 2.75) is 33.7 Å². The van der Waals surface area contributed by atoms with E-state index in [-0.39, 0.29) is 0 Å². The van der Waals surface area contributed by atoms with Crippen molar-refractivity contribution < 1.29 is 4.42 Å². The van der Waals surface area contributed by atoms with Crippen LogP contribution in [0.2, 0.25) is 0 Å². The summed E-state index contributed by atoms with van der Waals surface area (Å²) in [5.74, 6) is 0.976. The van der Waals surface area contributed by atoms with Gasteiger partial charge in [-0.05, 0) is 39.9 Å².